The van der Waals surface area contributed by atoms with Crippen LogP contribution in [0.1, 0.15) is 61.1 Å². The monoisotopic (exact) mass is 565 g/mol. The second-order valence-corrected chi connectivity index (χ2v) is 13.8. The maximum Gasteiger partial charge on any atom is 0.0468 e. The zero-order valence-corrected chi connectivity index (χ0v) is 25.8. The second kappa shape index (κ2) is 8.83. The van der Waals surface area contributed by atoms with Crippen molar-refractivity contribution in [2.75, 3.05) is 4.90 Å². The van der Waals surface area contributed by atoms with Gasteiger partial charge in [0.2, 0.25) is 0 Å². The van der Waals surface area contributed by atoms with Gasteiger partial charge < -0.3 is 4.90 Å². The highest BCUT2D eigenvalue weighted by Crippen LogP contribution is 2.53. The van der Waals surface area contributed by atoms with Crippen LogP contribution in [0.15, 0.2) is 127 Å². The molecule has 6 aromatic rings. The van der Waals surface area contributed by atoms with E-state index in [0.29, 0.717) is 0 Å². The molecule has 0 aliphatic heterocycles. The quantitative estimate of drug-likeness (QED) is 0.206. The molecule has 0 fully saturated rings. The number of fused-ring (bicyclic) bond motifs is 9. The van der Waals surface area contributed by atoms with Crippen LogP contribution < -0.4 is 4.90 Å². The van der Waals surface area contributed by atoms with Crippen LogP contribution in [0.25, 0.3) is 33.4 Å². The van der Waals surface area contributed by atoms with E-state index in [1.54, 1.807) is 0 Å². The Labute approximate surface area is 260 Å². The third-order valence-corrected chi connectivity index (χ3v) is 10.7. The third kappa shape index (κ3) is 3.41. The highest BCUT2D eigenvalue weighted by atomic mass is 15.1. The van der Waals surface area contributed by atoms with E-state index in [4.69, 9.17) is 0 Å². The number of rotatable bonds is 3. The first-order valence-electron chi connectivity index (χ1n) is 15.8. The van der Waals surface area contributed by atoms with Crippen molar-refractivity contribution in [3.8, 4) is 33.4 Å². The van der Waals surface area contributed by atoms with E-state index in [0.717, 1.165) is 6.42 Å². The Morgan fingerprint density at radius 2 is 0.795 bits per heavy atom. The molecule has 0 aromatic heterocycles. The van der Waals surface area contributed by atoms with Gasteiger partial charge in [0, 0.05) is 27.9 Å². The van der Waals surface area contributed by atoms with Crippen molar-refractivity contribution in [1.29, 1.82) is 0 Å². The molecule has 0 saturated carbocycles. The third-order valence-electron chi connectivity index (χ3n) is 10.7. The maximum absolute atomic E-state index is 2.48. The van der Waals surface area contributed by atoms with E-state index >= 15 is 0 Å². The first kappa shape index (κ1) is 25.6. The molecule has 3 aliphatic carbocycles. The molecular weight excluding hydrogens is 530 g/mol. The molecule has 0 heterocycles. The van der Waals surface area contributed by atoms with Gasteiger partial charge in [-0.3, -0.25) is 0 Å². The average Bonchev–Trinajstić information content (AvgIpc) is 3.61. The summed E-state index contributed by atoms with van der Waals surface area (Å²) >= 11 is 0. The minimum absolute atomic E-state index is 0.0184. The lowest BCUT2D eigenvalue weighted by Crippen LogP contribution is -2.16. The molecule has 0 radical (unpaired) electrons. The van der Waals surface area contributed by atoms with Crippen LogP contribution in [0.2, 0.25) is 0 Å². The number of hydrogen-bond acceptors (Lipinski definition) is 1. The summed E-state index contributed by atoms with van der Waals surface area (Å²) in [5.41, 5.74) is 20.0. The standard InChI is InChI=1S/C43H35N/c1-42(2)38-15-9-7-13-33(38)36-25-30(19-21-40(36)42)44(29-18-17-28-23-27-11-5-6-12-32(27)35(28)24-29)31-20-22-41-37(26-31)34-14-8-10-16-39(34)43(41,3)4/h5-22,24-26H,23H2,1-4H3. The summed E-state index contributed by atoms with van der Waals surface area (Å²) in [6.07, 6.45) is 1.00. The van der Waals surface area contributed by atoms with E-state index in [-0.39, 0.29) is 10.8 Å². The predicted octanol–water partition coefficient (Wildman–Crippen LogP) is 11.3. The van der Waals surface area contributed by atoms with Crippen LogP contribution in [-0.4, -0.2) is 0 Å². The van der Waals surface area contributed by atoms with Gasteiger partial charge in [-0.2, -0.15) is 0 Å². The van der Waals surface area contributed by atoms with Gasteiger partial charge in [0.15, 0.2) is 0 Å². The van der Waals surface area contributed by atoms with E-state index in [9.17, 15) is 0 Å². The van der Waals surface area contributed by atoms with Gasteiger partial charge in [-0.1, -0.05) is 119 Å². The summed E-state index contributed by atoms with van der Waals surface area (Å²) < 4.78 is 0. The highest BCUT2D eigenvalue weighted by molar-refractivity contribution is 5.91. The first-order valence-corrected chi connectivity index (χ1v) is 15.8. The Morgan fingerprint density at radius 1 is 0.386 bits per heavy atom. The van der Waals surface area contributed by atoms with Gasteiger partial charge >= 0.3 is 0 Å². The van der Waals surface area contributed by atoms with Gasteiger partial charge in [0.1, 0.15) is 0 Å². The Bertz CT molecular complexity index is 2050. The lowest BCUT2D eigenvalue weighted by molar-refractivity contribution is 0.660. The Balaban J connectivity index is 1.27. The largest absolute Gasteiger partial charge is 0.310 e. The van der Waals surface area contributed by atoms with Crippen LogP contribution in [0.5, 0.6) is 0 Å². The molecule has 9 rings (SSSR count). The Morgan fingerprint density at radius 3 is 1.36 bits per heavy atom. The predicted molar refractivity (Wildman–Crippen MR) is 184 cm³/mol. The summed E-state index contributed by atoms with van der Waals surface area (Å²) in [6, 6.07) is 48.1. The number of hydrogen-bond donors (Lipinski definition) is 0. The highest BCUT2D eigenvalue weighted by Gasteiger charge is 2.37. The van der Waals surface area contributed by atoms with Crippen molar-refractivity contribution >= 4 is 17.1 Å². The van der Waals surface area contributed by atoms with Gasteiger partial charge in [0.05, 0.1) is 0 Å². The van der Waals surface area contributed by atoms with Gasteiger partial charge in [0.25, 0.3) is 0 Å². The van der Waals surface area contributed by atoms with Crippen molar-refractivity contribution in [2.45, 2.75) is 44.9 Å². The molecule has 212 valence electrons. The molecule has 6 aromatic carbocycles. The number of benzene rings is 6. The van der Waals surface area contributed by atoms with Gasteiger partial charge in [-0.25, -0.2) is 0 Å². The minimum Gasteiger partial charge on any atom is -0.310 e. The summed E-state index contributed by atoms with van der Waals surface area (Å²) in [5.74, 6) is 0. The normalized spacial score (nSPS) is 15.5. The topological polar surface area (TPSA) is 3.24 Å². The molecule has 0 saturated heterocycles. The van der Waals surface area contributed by atoms with Crippen molar-refractivity contribution in [3.05, 3.63) is 161 Å². The molecule has 0 unspecified atom stereocenters. The Hall–Kier alpha value is -4.88. The van der Waals surface area contributed by atoms with Crippen molar-refractivity contribution < 1.29 is 0 Å². The summed E-state index contributed by atoms with van der Waals surface area (Å²) in [7, 11) is 0. The molecule has 0 amide bonds. The smallest absolute Gasteiger partial charge is 0.0468 e. The van der Waals surface area contributed by atoms with E-state index in [1.807, 2.05) is 0 Å². The summed E-state index contributed by atoms with van der Waals surface area (Å²) in [6.45, 7) is 9.42. The number of nitrogens with zero attached hydrogens (tertiary/aromatic N) is 1. The van der Waals surface area contributed by atoms with E-state index in [2.05, 4.69) is 160 Å². The second-order valence-electron chi connectivity index (χ2n) is 13.8. The molecular formula is C43H35N. The van der Waals surface area contributed by atoms with E-state index < -0.39 is 0 Å². The minimum atomic E-state index is -0.0184. The van der Waals surface area contributed by atoms with E-state index in [1.165, 1.54) is 83.8 Å². The molecule has 1 nitrogen and oxygen atoms in total. The van der Waals surface area contributed by atoms with Crippen molar-refractivity contribution in [2.24, 2.45) is 0 Å². The fourth-order valence-electron chi connectivity index (χ4n) is 8.39. The van der Waals surface area contributed by atoms with Gasteiger partial charge in [-0.05, 0) is 110 Å². The van der Waals surface area contributed by atoms with Gasteiger partial charge in [-0.15, -0.1) is 0 Å². The maximum atomic E-state index is 2.48. The lowest BCUT2D eigenvalue weighted by atomic mass is 9.82. The van der Waals surface area contributed by atoms with Crippen LogP contribution in [0, 0.1) is 0 Å². The van der Waals surface area contributed by atoms with Crippen molar-refractivity contribution in [1.82, 2.24) is 0 Å². The van der Waals surface area contributed by atoms with Crippen LogP contribution >= 0.6 is 0 Å². The lowest BCUT2D eigenvalue weighted by Gasteiger charge is -2.29. The fourth-order valence-corrected chi connectivity index (χ4v) is 8.39. The fraction of sp³-hybridized carbons (Fsp3) is 0.163. The molecule has 1 heteroatoms. The van der Waals surface area contributed by atoms with Crippen molar-refractivity contribution in [3.63, 3.8) is 0 Å². The summed E-state index contributed by atoms with van der Waals surface area (Å²) in [5, 5.41) is 0. The molecule has 0 N–H and O–H groups in total. The zero-order chi connectivity index (χ0) is 29.8. The molecule has 0 bridgehead atoms. The average molecular weight is 566 g/mol. The molecule has 44 heavy (non-hydrogen) atoms. The summed E-state index contributed by atoms with van der Waals surface area (Å²) in [4.78, 5) is 2.48. The SMILES string of the molecule is CC1(C)c2ccccc2-c2cc(N(c3ccc4c(c3)-c3ccccc3C4)c3ccc4c(c3)-c3ccccc3C4(C)C)ccc21. The zero-order valence-electron chi connectivity index (χ0n) is 25.8. The van der Waals surface area contributed by atoms with Crippen LogP contribution in [-0.2, 0) is 17.3 Å². The van der Waals surface area contributed by atoms with Crippen LogP contribution in [0.3, 0.4) is 0 Å². The molecule has 0 spiro atoms. The Kier molecular flexibility index (Phi) is 5.14. The first-order chi connectivity index (χ1) is 21.3. The molecule has 0 atom stereocenters. The van der Waals surface area contributed by atoms with Crippen LogP contribution in [0.4, 0.5) is 17.1 Å². The number of anilines is 3. The molecule has 3 aliphatic rings.